The van der Waals surface area contributed by atoms with E-state index in [2.05, 4.69) is 20.0 Å². The van der Waals surface area contributed by atoms with Gasteiger partial charge >= 0.3 is 0 Å². The van der Waals surface area contributed by atoms with Crippen LogP contribution in [0.25, 0.3) is 22.2 Å². The van der Waals surface area contributed by atoms with Crippen LogP contribution in [0.5, 0.6) is 0 Å². The van der Waals surface area contributed by atoms with Crippen LogP contribution >= 0.6 is 0 Å². The molecule has 2 aromatic heterocycles. The van der Waals surface area contributed by atoms with Gasteiger partial charge in [-0.15, -0.1) is 0 Å². The highest BCUT2D eigenvalue weighted by Gasteiger charge is 2.30. The van der Waals surface area contributed by atoms with Gasteiger partial charge in [0, 0.05) is 17.5 Å². The highest BCUT2D eigenvalue weighted by molar-refractivity contribution is 7.93. The smallest absolute Gasteiger partial charge is 0.235 e. The number of sulfonamides is 1. The lowest BCUT2D eigenvalue weighted by Crippen LogP contribution is -2.30. The Bertz CT molecular complexity index is 1280. The standard InChI is InChI=1S/C23H25FN4O3S/c24-19-12-15(8-9-20(19)28-32(30,31)16-4-2-1-3-5-16)18-13-21(27-23(29)14-6-7-14)26-22-17(18)10-11-25-22/h8-14,16,28H,1-7H2,(H2,25,26,27,29). The maximum Gasteiger partial charge on any atom is 0.235 e. The van der Waals surface area contributed by atoms with Crippen molar-refractivity contribution >= 4 is 38.5 Å². The van der Waals surface area contributed by atoms with Gasteiger partial charge in [-0.25, -0.2) is 17.8 Å². The summed E-state index contributed by atoms with van der Waals surface area (Å²) in [6.45, 7) is 0. The van der Waals surface area contributed by atoms with E-state index in [1.165, 1.54) is 12.1 Å². The molecule has 1 aromatic carbocycles. The summed E-state index contributed by atoms with van der Waals surface area (Å²) >= 11 is 0. The fourth-order valence-electron chi connectivity index (χ4n) is 4.29. The topological polar surface area (TPSA) is 104 Å². The van der Waals surface area contributed by atoms with E-state index in [0.29, 0.717) is 35.4 Å². The van der Waals surface area contributed by atoms with Crippen LogP contribution in [0.15, 0.2) is 36.5 Å². The van der Waals surface area contributed by atoms with Gasteiger partial charge in [-0.05, 0) is 61.1 Å². The maximum atomic E-state index is 15.0. The fraction of sp³-hybridized carbons (Fsp3) is 0.391. The molecular weight excluding hydrogens is 431 g/mol. The second kappa shape index (κ2) is 8.20. The van der Waals surface area contributed by atoms with Crippen molar-refractivity contribution in [2.45, 2.75) is 50.2 Å². The zero-order chi connectivity index (χ0) is 22.3. The van der Waals surface area contributed by atoms with Crippen LogP contribution in [0.4, 0.5) is 15.9 Å². The maximum absolute atomic E-state index is 15.0. The average Bonchev–Trinajstić information content (AvgIpc) is 3.53. The summed E-state index contributed by atoms with van der Waals surface area (Å²) in [7, 11) is -3.64. The monoisotopic (exact) mass is 456 g/mol. The van der Waals surface area contributed by atoms with E-state index in [1.807, 2.05) is 6.07 Å². The van der Waals surface area contributed by atoms with Gasteiger partial charge in [0.25, 0.3) is 0 Å². The molecular formula is C23H25FN4O3S. The average molecular weight is 457 g/mol. The third kappa shape index (κ3) is 4.21. The van der Waals surface area contributed by atoms with Gasteiger partial charge < -0.3 is 10.3 Å². The Morgan fingerprint density at radius 2 is 1.84 bits per heavy atom. The number of nitrogens with one attached hydrogen (secondary N) is 3. The molecule has 0 bridgehead atoms. The van der Waals surface area contributed by atoms with E-state index >= 15 is 0 Å². The number of aromatic nitrogens is 2. The second-order valence-electron chi connectivity index (χ2n) is 8.66. The number of hydrogen-bond acceptors (Lipinski definition) is 4. The third-order valence-electron chi connectivity index (χ3n) is 6.25. The minimum atomic E-state index is -3.64. The molecule has 2 heterocycles. The van der Waals surface area contributed by atoms with Gasteiger partial charge in [-0.1, -0.05) is 25.3 Å². The summed E-state index contributed by atoms with van der Waals surface area (Å²) in [4.78, 5) is 19.6. The second-order valence-corrected chi connectivity index (χ2v) is 10.6. The Morgan fingerprint density at radius 1 is 1.06 bits per heavy atom. The largest absolute Gasteiger partial charge is 0.346 e. The van der Waals surface area contributed by atoms with Crippen LogP contribution in [0, 0.1) is 11.7 Å². The number of rotatable bonds is 6. The number of carbonyl (C=O) groups excluding carboxylic acids is 1. The van der Waals surface area contributed by atoms with Gasteiger partial charge in [0.1, 0.15) is 17.3 Å². The van der Waals surface area contributed by atoms with Gasteiger partial charge in [0.15, 0.2) is 0 Å². The Labute approximate surface area is 185 Å². The van der Waals surface area contributed by atoms with Crippen LogP contribution in [0.3, 0.4) is 0 Å². The minimum Gasteiger partial charge on any atom is -0.346 e. The molecule has 0 aliphatic heterocycles. The Balaban J connectivity index is 1.44. The van der Waals surface area contributed by atoms with Crippen LogP contribution < -0.4 is 10.0 Å². The molecule has 2 fully saturated rings. The van der Waals surface area contributed by atoms with Crippen molar-refractivity contribution in [2.75, 3.05) is 10.0 Å². The van der Waals surface area contributed by atoms with Crippen LogP contribution in [0.2, 0.25) is 0 Å². The van der Waals surface area contributed by atoms with Gasteiger partial charge in [0.2, 0.25) is 15.9 Å². The van der Waals surface area contributed by atoms with Crippen molar-refractivity contribution in [3.05, 3.63) is 42.3 Å². The number of H-pyrrole nitrogens is 1. The molecule has 3 N–H and O–H groups in total. The Morgan fingerprint density at radius 3 is 2.56 bits per heavy atom. The van der Waals surface area contributed by atoms with Crippen LogP contribution in [-0.4, -0.2) is 29.5 Å². The van der Waals surface area contributed by atoms with E-state index in [9.17, 15) is 17.6 Å². The van der Waals surface area contributed by atoms with Gasteiger partial charge in [-0.3, -0.25) is 9.52 Å². The summed E-state index contributed by atoms with van der Waals surface area (Å²) < 4.78 is 42.8. The first-order chi connectivity index (χ1) is 15.4. The van der Waals surface area contributed by atoms with Crippen molar-refractivity contribution in [1.82, 2.24) is 9.97 Å². The number of pyridine rings is 1. The third-order valence-corrected chi connectivity index (χ3v) is 8.10. The number of fused-ring (bicyclic) bond motifs is 1. The zero-order valence-electron chi connectivity index (χ0n) is 17.5. The molecule has 9 heteroatoms. The molecule has 1 amide bonds. The molecule has 0 radical (unpaired) electrons. The molecule has 0 unspecified atom stereocenters. The van der Waals surface area contributed by atoms with Crippen molar-refractivity contribution in [3.8, 4) is 11.1 Å². The molecule has 3 aromatic rings. The summed E-state index contributed by atoms with van der Waals surface area (Å²) in [6.07, 6.45) is 7.50. The molecule has 0 saturated heterocycles. The number of carbonyl (C=O) groups is 1. The van der Waals surface area contributed by atoms with Crippen molar-refractivity contribution < 1.29 is 17.6 Å². The molecule has 168 valence electrons. The summed E-state index contributed by atoms with van der Waals surface area (Å²) in [5, 5.41) is 3.14. The number of anilines is 2. The first-order valence-corrected chi connectivity index (χ1v) is 12.6. The lowest BCUT2D eigenvalue weighted by molar-refractivity contribution is -0.117. The molecule has 2 aliphatic rings. The number of aromatic amines is 1. The lowest BCUT2D eigenvalue weighted by Gasteiger charge is -2.22. The molecule has 0 atom stereocenters. The quantitative estimate of drug-likeness (QED) is 0.496. The number of halogens is 1. The van der Waals surface area contributed by atoms with Gasteiger partial charge in [-0.2, -0.15) is 0 Å². The van der Waals surface area contributed by atoms with Crippen molar-refractivity contribution in [1.29, 1.82) is 0 Å². The molecule has 2 saturated carbocycles. The molecule has 0 spiro atoms. The Hall–Kier alpha value is -2.94. The van der Waals surface area contributed by atoms with Crippen molar-refractivity contribution in [3.63, 3.8) is 0 Å². The first kappa shape index (κ1) is 20.9. The Kier molecular flexibility index (Phi) is 5.36. The molecule has 2 aliphatic carbocycles. The van der Waals surface area contributed by atoms with E-state index in [4.69, 9.17) is 0 Å². The molecule has 7 nitrogen and oxygen atoms in total. The highest BCUT2D eigenvalue weighted by Crippen LogP contribution is 2.34. The number of hydrogen-bond donors (Lipinski definition) is 3. The summed E-state index contributed by atoms with van der Waals surface area (Å²) in [5.74, 6) is -0.276. The normalized spacial score (nSPS) is 17.4. The van der Waals surface area contributed by atoms with E-state index < -0.39 is 21.1 Å². The van der Waals surface area contributed by atoms with Crippen molar-refractivity contribution in [2.24, 2.45) is 5.92 Å². The fourth-order valence-corrected chi connectivity index (χ4v) is 5.88. The summed E-state index contributed by atoms with van der Waals surface area (Å²) in [6, 6.07) is 7.99. The summed E-state index contributed by atoms with van der Waals surface area (Å²) in [5.41, 5.74) is 1.79. The van der Waals surface area contributed by atoms with E-state index in [-0.39, 0.29) is 17.5 Å². The molecule has 32 heavy (non-hydrogen) atoms. The lowest BCUT2D eigenvalue weighted by atomic mass is 10.0. The minimum absolute atomic E-state index is 0.0357. The first-order valence-electron chi connectivity index (χ1n) is 11.0. The van der Waals surface area contributed by atoms with E-state index in [1.54, 1.807) is 18.3 Å². The number of nitrogens with zero attached hydrogens (tertiary/aromatic N) is 1. The number of amides is 1. The predicted molar refractivity (Wildman–Crippen MR) is 122 cm³/mol. The highest BCUT2D eigenvalue weighted by atomic mass is 32.2. The zero-order valence-corrected chi connectivity index (χ0v) is 18.3. The van der Waals surface area contributed by atoms with E-state index in [0.717, 1.165) is 37.5 Å². The van der Waals surface area contributed by atoms with Crippen LogP contribution in [-0.2, 0) is 14.8 Å². The molecule has 5 rings (SSSR count). The van der Waals surface area contributed by atoms with Crippen LogP contribution in [0.1, 0.15) is 44.9 Å². The predicted octanol–water partition coefficient (Wildman–Crippen LogP) is 4.79. The SMILES string of the molecule is O=C(Nc1cc(-c2ccc(NS(=O)(=O)C3CCCCC3)c(F)c2)c2cc[nH]c2n1)C1CC1. The van der Waals surface area contributed by atoms with Gasteiger partial charge in [0.05, 0.1) is 10.9 Å². The number of benzene rings is 1.